The number of nitrogens with zero attached hydrogens (tertiary/aromatic N) is 2. The summed E-state index contributed by atoms with van der Waals surface area (Å²) in [5, 5.41) is 29.5. The van der Waals surface area contributed by atoms with Gasteiger partial charge in [-0.2, -0.15) is 5.26 Å². The molecule has 0 radical (unpaired) electrons. The summed E-state index contributed by atoms with van der Waals surface area (Å²) in [5.41, 5.74) is -0.361. The van der Waals surface area contributed by atoms with Crippen molar-refractivity contribution in [3.63, 3.8) is 0 Å². The van der Waals surface area contributed by atoms with E-state index in [1.54, 1.807) is 0 Å². The molecule has 0 aromatic heterocycles. The molecular formula is C11H11N3O4S2. The second-order valence-electron chi connectivity index (χ2n) is 4.21. The maximum Gasteiger partial charge on any atom is 0.356 e. The molecule has 0 bridgehead atoms. The number of aliphatic carboxylic acids is 1. The highest BCUT2D eigenvalue weighted by Gasteiger charge is 2.54. The molecule has 2 aliphatic heterocycles. The third kappa shape index (κ3) is 2.44. The van der Waals surface area contributed by atoms with Gasteiger partial charge in [-0.05, 0) is 0 Å². The van der Waals surface area contributed by atoms with E-state index in [0.29, 0.717) is 11.4 Å². The second kappa shape index (κ2) is 5.68. The number of carbonyl (C=O) groups is 2. The number of fused-ring (bicyclic) bond motifs is 1. The Balaban J connectivity index is 2.07. The minimum Gasteiger partial charge on any atom is -0.509 e. The van der Waals surface area contributed by atoms with Crippen LogP contribution >= 0.6 is 24.0 Å². The van der Waals surface area contributed by atoms with E-state index in [2.05, 4.69) is 5.32 Å². The van der Waals surface area contributed by atoms with E-state index in [-0.39, 0.29) is 23.6 Å². The first-order valence-corrected chi connectivity index (χ1v) is 7.19. The van der Waals surface area contributed by atoms with Gasteiger partial charge in [0.1, 0.15) is 17.2 Å². The van der Waals surface area contributed by atoms with E-state index in [1.807, 2.05) is 6.07 Å². The quantitative estimate of drug-likeness (QED) is 0.503. The van der Waals surface area contributed by atoms with Crippen LogP contribution in [-0.2, 0) is 9.59 Å². The number of nitriles is 1. The van der Waals surface area contributed by atoms with E-state index >= 15 is 0 Å². The zero-order valence-corrected chi connectivity index (χ0v) is 11.8. The number of thioether (sulfide) groups is 1. The van der Waals surface area contributed by atoms with Crippen molar-refractivity contribution < 1.29 is 19.8 Å². The molecule has 1 amide bonds. The lowest BCUT2D eigenvalue weighted by atomic mass is 10.0. The van der Waals surface area contributed by atoms with Gasteiger partial charge in [-0.3, -0.25) is 9.69 Å². The Hall–Kier alpha value is -1.79. The van der Waals surface area contributed by atoms with Crippen molar-refractivity contribution in [1.29, 1.82) is 5.26 Å². The Morgan fingerprint density at radius 1 is 1.65 bits per heavy atom. The van der Waals surface area contributed by atoms with Crippen LogP contribution in [0.5, 0.6) is 0 Å². The number of β-lactam (4-membered cyclic amide) rings is 1. The third-order valence-electron chi connectivity index (χ3n) is 2.93. The van der Waals surface area contributed by atoms with Gasteiger partial charge in [-0.15, -0.1) is 11.8 Å². The molecule has 3 N–H and O–H groups in total. The average molecular weight is 313 g/mol. The van der Waals surface area contributed by atoms with E-state index < -0.39 is 23.3 Å². The van der Waals surface area contributed by atoms with Gasteiger partial charge in [0.25, 0.3) is 5.91 Å². The molecule has 2 aliphatic rings. The second-order valence-corrected chi connectivity index (χ2v) is 5.81. The third-order valence-corrected chi connectivity index (χ3v) is 4.52. The summed E-state index contributed by atoms with van der Waals surface area (Å²) < 4.78 is 0. The molecule has 0 aromatic carbocycles. The van der Waals surface area contributed by atoms with Crippen molar-refractivity contribution in [2.24, 2.45) is 0 Å². The molecule has 106 valence electrons. The number of amides is 1. The number of carboxylic acids is 1. The minimum atomic E-state index is -1.33. The monoisotopic (exact) mass is 313 g/mol. The predicted molar refractivity (Wildman–Crippen MR) is 74.8 cm³/mol. The van der Waals surface area contributed by atoms with Crippen molar-refractivity contribution in [3.05, 3.63) is 11.5 Å². The molecule has 2 rings (SSSR count). The van der Waals surface area contributed by atoms with Gasteiger partial charge in [0.2, 0.25) is 0 Å². The zero-order chi connectivity index (χ0) is 14.9. The van der Waals surface area contributed by atoms with Crippen molar-refractivity contribution in [3.8, 4) is 6.07 Å². The van der Waals surface area contributed by atoms with E-state index in [1.165, 1.54) is 11.8 Å². The van der Waals surface area contributed by atoms with Crippen LogP contribution in [0.4, 0.5) is 0 Å². The molecule has 0 saturated carbocycles. The van der Waals surface area contributed by atoms with E-state index in [9.17, 15) is 14.7 Å². The van der Waals surface area contributed by atoms with Crippen LogP contribution in [-0.4, -0.2) is 49.1 Å². The lowest BCUT2D eigenvalue weighted by Crippen LogP contribution is -2.70. The summed E-state index contributed by atoms with van der Waals surface area (Å²) in [6, 6.07) is 1.35. The number of rotatable bonds is 4. The normalized spacial score (nSPS) is 24.6. The van der Waals surface area contributed by atoms with Gasteiger partial charge in [0.05, 0.1) is 16.8 Å². The summed E-state index contributed by atoms with van der Waals surface area (Å²) in [4.78, 5) is 24.5. The predicted octanol–water partition coefficient (Wildman–Crippen LogP) is 0.345. The number of aliphatic hydroxyl groups is 1. The van der Waals surface area contributed by atoms with Gasteiger partial charge >= 0.3 is 5.97 Å². The van der Waals surface area contributed by atoms with Crippen LogP contribution in [0.2, 0.25) is 0 Å². The smallest absolute Gasteiger partial charge is 0.356 e. The number of carboxylic acid groups (broad SMARTS) is 1. The molecule has 0 aliphatic carbocycles. The van der Waals surface area contributed by atoms with Crippen LogP contribution in [0.3, 0.4) is 0 Å². The molecule has 2 atom stereocenters. The van der Waals surface area contributed by atoms with Gasteiger partial charge in [-0.1, -0.05) is 12.2 Å². The molecule has 1 fully saturated rings. The molecule has 2 heterocycles. The summed E-state index contributed by atoms with van der Waals surface area (Å²) in [6.07, 6.45) is 0.620. The maximum absolute atomic E-state index is 12.0. The Morgan fingerprint density at radius 3 is 2.95 bits per heavy atom. The van der Waals surface area contributed by atoms with Crippen LogP contribution in [0.25, 0.3) is 0 Å². The van der Waals surface area contributed by atoms with Gasteiger partial charge < -0.3 is 15.5 Å². The summed E-state index contributed by atoms with van der Waals surface area (Å²) in [6.45, 7) is 0. The first kappa shape index (κ1) is 14.6. The first-order valence-electron chi connectivity index (χ1n) is 5.73. The van der Waals surface area contributed by atoms with Crippen LogP contribution < -0.4 is 5.32 Å². The number of nitrogens with one attached hydrogen (secondary N) is 1. The molecule has 7 nitrogen and oxygen atoms in total. The lowest BCUT2D eigenvalue weighted by Gasteiger charge is -2.48. The Morgan fingerprint density at radius 2 is 2.35 bits per heavy atom. The number of aliphatic hydroxyl groups excluding tert-OH is 1. The highest BCUT2D eigenvalue weighted by molar-refractivity contribution is 8.00. The molecule has 0 spiro atoms. The highest BCUT2D eigenvalue weighted by atomic mass is 32.2. The molecule has 20 heavy (non-hydrogen) atoms. The van der Waals surface area contributed by atoms with Crippen LogP contribution in [0, 0.1) is 11.3 Å². The largest absolute Gasteiger partial charge is 0.509 e. The summed E-state index contributed by atoms with van der Waals surface area (Å²) in [7, 11) is 0. The topological polar surface area (TPSA) is 114 Å². The highest BCUT2D eigenvalue weighted by Crippen LogP contribution is 2.39. The van der Waals surface area contributed by atoms with E-state index in [4.69, 9.17) is 22.6 Å². The van der Waals surface area contributed by atoms with Gasteiger partial charge in [0.15, 0.2) is 5.70 Å². The standard InChI is InChI=1S/C11H11N3O4S2/c12-3-1-2-6(19)13-7-9(16)14-8(11(17)18)5(15)4-20-10(7)14/h7,10,15H,1-2,4H2,(H,13,19)(H,17,18)/t7?,10-/m1/s1. The van der Waals surface area contributed by atoms with Crippen molar-refractivity contribution in [1.82, 2.24) is 10.2 Å². The van der Waals surface area contributed by atoms with Crippen molar-refractivity contribution in [2.75, 3.05) is 5.75 Å². The average Bonchev–Trinajstić information content (AvgIpc) is 2.41. The fourth-order valence-electron chi connectivity index (χ4n) is 2.02. The summed E-state index contributed by atoms with van der Waals surface area (Å²) >= 11 is 6.29. The maximum atomic E-state index is 12.0. The zero-order valence-electron chi connectivity index (χ0n) is 10.2. The fourth-order valence-corrected chi connectivity index (χ4v) is 3.45. The molecule has 0 aromatic rings. The van der Waals surface area contributed by atoms with Crippen LogP contribution in [0.1, 0.15) is 12.8 Å². The van der Waals surface area contributed by atoms with E-state index in [0.717, 1.165) is 4.90 Å². The molecule has 9 heteroatoms. The number of carbonyl (C=O) groups excluding carboxylic acids is 1. The van der Waals surface area contributed by atoms with Gasteiger partial charge in [0, 0.05) is 12.8 Å². The Kier molecular flexibility index (Phi) is 4.15. The molecule has 1 unspecified atom stereocenters. The Labute approximate surface area is 124 Å². The fraction of sp³-hybridized carbons (Fsp3) is 0.455. The lowest BCUT2D eigenvalue weighted by molar-refractivity contribution is -0.149. The molecule has 1 saturated heterocycles. The van der Waals surface area contributed by atoms with Crippen LogP contribution in [0.15, 0.2) is 11.5 Å². The van der Waals surface area contributed by atoms with Crippen molar-refractivity contribution in [2.45, 2.75) is 24.3 Å². The first-order chi connectivity index (χ1) is 9.47. The summed E-state index contributed by atoms with van der Waals surface area (Å²) in [5.74, 6) is -1.94. The number of hydrogen-bond acceptors (Lipinski definition) is 6. The SMILES string of the molecule is N#CCCC(=S)NC1C(=O)N2C(C(=O)O)=C(O)CS[C@H]12. The molecular weight excluding hydrogens is 302 g/mol. The minimum absolute atomic E-state index is 0.138. The number of hydrogen-bond donors (Lipinski definition) is 3. The van der Waals surface area contributed by atoms with Crippen molar-refractivity contribution >= 4 is 40.8 Å². The number of thiocarbonyl (C=S) groups is 1. The Bertz CT molecular complexity index is 554. The van der Waals surface area contributed by atoms with Gasteiger partial charge in [-0.25, -0.2) is 4.79 Å².